The van der Waals surface area contributed by atoms with Gasteiger partial charge in [0.05, 0.1) is 18.8 Å². The summed E-state index contributed by atoms with van der Waals surface area (Å²) in [6.45, 7) is 2.30. The highest BCUT2D eigenvalue weighted by molar-refractivity contribution is 5.89. The molecule has 1 aliphatic carbocycles. The molecule has 13 heteroatoms. The van der Waals surface area contributed by atoms with Crippen molar-refractivity contribution in [3.8, 4) is 0 Å². The topological polar surface area (TPSA) is 209 Å². The van der Waals surface area contributed by atoms with Gasteiger partial charge in [0.1, 0.15) is 24.8 Å². The van der Waals surface area contributed by atoms with Crippen LogP contribution >= 0.6 is 0 Å². The summed E-state index contributed by atoms with van der Waals surface area (Å²) in [4.78, 5) is 16.4. The molecule has 0 bridgehead atoms. The van der Waals surface area contributed by atoms with Crippen LogP contribution in [0.25, 0.3) is 0 Å². The SMILES string of the molecule is NC1NCC2N=C(CNC3CCC(C(O)N[C@@H](CCC(O)NCCO)C(=O)O)CC3)CNC2N1. The highest BCUT2D eigenvalue weighted by Crippen LogP contribution is 2.26. The standard InChI is InChI=1S/C21H42N8O5/c22-21-26-11-16-18(29-21)25-10-14(27-16)9-24-13-3-1-12(2-4-13)19(32)28-15(20(33)34)5-6-17(31)23-7-8-30/h12-13,15-19,21,23-26,28-32H,1-11,22H2,(H,33,34)/t12?,13?,15-,16?,17?,18?,19?,21?/m0/s1. The maximum atomic E-state index is 11.6. The number of nitrogens with zero attached hydrogens (tertiary/aromatic N) is 1. The maximum absolute atomic E-state index is 11.6. The molecule has 2 aliphatic heterocycles. The fourth-order valence-corrected chi connectivity index (χ4v) is 4.84. The Morgan fingerprint density at radius 2 is 1.94 bits per heavy atom. The summed E-state index contributed by atoms with van der Waals surface area (Å²) in [5.41, 5.74) is 6.94. The van der Waals surface area contributed by atoms with E-state index in [1.165, 1.54) is 0 Å². The van der Waals surface area contributed by atoms with Gasteiger partial charge in [0.15, 0.2) is 0 Å². The first-order chi connectivity index (χ1) is 16.4. The van der Waals surface area contributed by atoms with Crippen LogP contribution in [0.4, 0.5) is 0 Å². The molecule has 2 fully saturated rings. The Bertz CT molecular complexity index is 663. The van der Waals surface area contributed by atoms with Gasteiger partial charge in [-0.2, -0.15) is 0 Å². The molecule has 5 unspecified atom stereocenters. The lowest BCUT2D eigenvalue weighted by Crippen LogP contribution is -2.70. The Kier molecular flexibility index (Phi) is 11.0. The van der Waals surface area contributed by atoms with Crippen molar-refractivity contribution in [1.82, 2.24) is 31.9 Å². The van der Waals surface area contributed by atoms with E-state index >= 15 is 0 Å². The molecule has 196 valence electrons. The van der Waals surface area contributed by atoms with E-state index in [9.17, 15) is 20.1 Å². The van der Waals surface area contributed by atoms with Gasteiger partial charge in [0.25, 0.3) is 0 Å². The zero-order valence-corrected chi connectivity index (χ0v) is 19.6. The first-order valence-electron chi connectivity index (χ1n) is 12.3. The monoisotopic (exact) mass is 486 g/mol. The second-order valence-electron chi connectivity index (χ2n) is 9.44. The molecule has 34 heavy (non-hydrogen) atoms. The van der Waals surface area contributed by atoms with Gasteiger partial charge >= 0.3 is 5.97 Å². The summed E-state index contributed by atoms with van der Waals surface area (Å²) >= 11 is 0. The summed E-state index contributed by atoms with van der Waals surface area (Å²) in [6, 6.07) is -0.491. The largest absolute Gasteiger partial charge is 0.480 e. The minimum Gasteiger partial charge on any atom is -0.480 e. The van der Waals surface area contributed by atoms with Crippen LogP contribution in [0.1, 0.15) is 38.5 Å². The smallest absolute Gasteiger partial charge is 0.320 e. The van der Waals surface area contributed by atoms with Gasteiger partial charge in [0.2, 0.25) is 0 Å². The first kappa shape index (κ1) is 27.3. The molecule has 0 aromatic rings. The first-order valence-corrected chi connectivity index (χ1v) is 12.3. The lowest BCUT2D eigenvalue weighted by molar-refractivity contribution is -0.141. The lowest BCUT2D eigenvalue weighted by Gasteiger charge is -2.39. The van der Waals surface area contributed by atoms with Crippen LogP contribution in [0, 0.1) is 5.92 Å². The number of aliphatic imine (C=N–C) groups is 1. The minimum absolute atomic E-state index is 0.0182. The highest BCUT2D eigenvalue weighted by atomic mass is 16.4. The number of aliphatic hydroxyl groups excluding tert-OH is 3. The van der Waals surface area contributed by atoms with Gasteiger partial charge in [-0.3, -0.25) is 36.4 Å². The number of hydrogen-bond donors (Lipinski definition) is 11. The second kappa shape index (κ2) is 13.7. The van der Waals surface area contributed by atoms with E-state index < -0.39 is 24.5 Å². The molecule has 1 saturated carbocycles. The van der Waals surface area contributed by atoms with Gasteiger partial charge in [-0.25, -0.2) is 0 Å². The van der Waals surface area contributed by atoms with Crippen LogP contribution in [0.15, 0.2) is 4.99 Å². The van der Waals surface area contributed by atoms with Crippen molar-refractivity contribution in [1.29, 1.82) is 0 Å². The van der Waals surface area contributed by atoms with E-state index in [1.807, 2.05) is 0 Å². The Hall–Kier alpha value is -1.26. The van der Waals surface area contributed by atoms with Crippen molar-refractivity contribution < 1.29 is 25.2 Å². The normalized spacial score (nSPS) is 32.4. The molecule has 2 heterocycles. The number of nitrogens with two attached hydrogens (primary N) is 1. The molecule has 13 nitrogen and oxygen atoms in total. The molecule has 12 N–H and O–H groups in total. The Balaban J connectivity index is 1.36. The summed E-state index contributed by atoms with van der Waals surface area (Å²) < 4.78 is 0. The van der Waals surface area contributed by atoms with Gasteiger partial charge < -0.3 is 31.5 Å². The summed E-state index contributed by atoms with van der Waals surface area (Å²) in [5.74, 6) is -1.08. The molecule has 6 atom stereocenters. The van der Waals surface area contributed by atoms with E-state index in [4.69, 9.17) is 15.8 Å². The van der Waals surface area contributed by atoms with E-state index in [0.29, 0.717) is 19.1 Å². The fourth-order valence-electron chi connectivity index (χ4n) is 4.84. The predicted octanol–water partition coefficient (Wildman–Crippen LogP) is -3.65. The zero-order chi connectivity index (χ0) is 24.5. The van der Waals surface area contributed by atoms with Crippen LogP contribution < -0.4 is 37.6 Å². The van der Waals surface area contributed by atoms with Gasteiger partial charge in [0, 0.05) is 37.9 Å². The highest BCUT2D eigenvalue weighted by Gasteiger charge is 2.32. The van der Waals surface area contributed by atoms with Crippen LogP contribution in [-0.4, -0.2) is 108 Å². The molecular weight excluding hydrogens is 444 g/mol. The van der Waals surface area contributed by atoms with Crippen molar-refractivity contribution in [2.45, 2.75) is 81.6 Å². The minimum atomic E-state index is -1.06. The van der Waals surface area contributed by atoms with E-state index in [2.05, 4.69) is 31.9 Å². The number of aliphatic hydroxyl groups is 3. The number of carboxylic acid groups (broad SMARTS) is 1. The molecule has 3 aliphatic rings. The fraction of sp³-hybridized carbons (Fsp3) is 0.905. The Morgan fingerprint density at radius 3 is 2.65 bits per heavy atom. The van der Waals surface area contributed by atoms with Crippen LogP contribution in [0.3, 0.4) is 0 Å². The third-order valence-electron chi connectivity index (χ3n) is 6.87. The van der Waals surface area contributed by atoms with Crippen LogP contribution in [0.5, 0.6) is 0 Å². The Morgan fingerprint density at radius 1 is 1.18 bits per heavy atom. The quantitative estimate of drug-likeness (QED) is 0.114. The van der Waals surface area contributed by atoms with E-state index in [-0.39, 0.29) is 50.4 Å². The van der Waals surface area contributed by atoms with E-state index in [0.717, 1.165) is 37.9 Å². The number of carboxylic acids is 1. The summed E-state index contributed by atoms with van der Waals surface area (Å²) in [7, 11) is 0. The molecule has 3 rings (SSSR count). The summed E-state index contributed by atoms with van der Waals surface area (Å²) in [6.07, 6.45) is 1.82. The molecule has 0 spiro atoms. The van der Waals surface area contributed by atoms with Crippen LogP contribution in [0.2, 0.25) is 0 Å². The molecule has 0 radical (unpaired) electrons. The van der Waals surface area contributed by atoms with Crippen LogP contribution in [-0.2, 0) is 4.79 Å². The third-order valence-corrected chi connectivity index (χ3v) is 6.87. The number of rotatable bonds is 13. The lowest BCUT2D eigenvalue weighted by atomic mass is 9.84. The second-order valence-corrected chi connectivity index (χ2v) is 9.44. The van der Waals surface area contributed by atoms with Crippen molar-refractivity contribution in [3.05, 3.63) is 0 Å². The van der Waals surface area contributed by atoms with Gasteiger partial charge in [-0.15, -0.1) is 0 Å². The Labute approximate surface area is 200 Å². The van der Waals surface area contributed by atoms with Crippen molar-refractivity contribution in [2.24, 2.45) is 16.6 Å². The number of fused-ring (bicyclic) bond motifs is 1. The third kappa shape index (κ3) is 8.45. The number of nitrogens with one attached hydrogen (secondary N) is 6. The number of hydrogen-bond acceptors (Lipinski definition) is 12. The number of carbonyl (C=O) groups is 1. The maximum Gasteiger partial charge on any atom is 0.320 e. The zero-order valence-electron chi connectivity index (χ0n) is 19.6. The van der Waals surface area contributed by atoms with E-state index in [1.54, 1.807) is 0 Å². The molecule has 0 aromatic carbocycles. The predicted molar refractivity (Wildman–Crippen MR) is 127 cm³/mol. The molecule has 0 amide bonds. The van der Waals surface area contributed by atoms with Gasteiger partial charge in [-0.05, 0) is 44.4 Å². The molecule has 1 saturated heterocycles. The average Bonchev–Trinajstić information content (AvgIpc) is 2.83. The number of aliphatic carboxylic acids is 1. The summed E-state index contributed by atoms with van der Waals surface area (Å²) in [5, 5.41) is 57.6. The average molecular weight is 487 g/mol. The molecule has 0 aromatic heterocycles. The van der Waals surface area contributed by atoms with Gasteiger partial charge in [-0.1, -0.05) is 0 Å². The molecular formula is C21H42N8O5. The van der Waals surface area contributed by atoms with Crippen molar-refractivity contribution in [3.63, 3.8) is 0 Å². The van der Waals surface area contributed by atoms with Crippen molar-refractivity contribution >= 4 is 11.7 Å². The van der Waals surface area contributed by atoms with Crippen molar-refractivity contribution in [2.75, 3.05) is 32.8 Å².